The lowest BCUT2D eigenvalue weighted by atomic mass is 9.89. The zero-order valence-corrected chi connectivity index (χ0v) is 23.2. The Morgan fingerprint density at radius 3 is 2.37 bits per heavy atom. The first-order valence-electron chi connectivity index (χ1n) is 14.4. The van der Waals surface area contributed by atoms with Crippen LogP contribution in [0.5, 0.6) is 5.75 Å². The third-order valence-electron chi connectivity index (χ3n) is 8.14. The van der Waals surface area contributed by atoms with Crippen LogP contribution in [0.2, 0.25) is 0 Å². The van der Waals surface area contributed by atoms with E-state index in [0.29, 0.717) is 17.0 Å². The molecular formula is C36H34N2O3. The lowest BCUT2D eigenvalue weighted by molar-refractivity contribution is 0.0939. The fraction of sp³-hybridized carbons (Fsp3) is 0.222. The van der Waals surface area contributed by atoms with Crippen LogP contribution in [0.1, 0.15) is 65.5 Å². The zero-order chi connectivity index (χ0) is 28.2. The van der Waals surface area contributed by atoms with Crippen LogP contribution in [0.4, 0.5) is 0 Å². The minimum atomic E-state index is -0.311. The van der Waals surface area contributed by atoms with Gasteiger partial charge in [-0.3, -0.25) is 4.79 Å². The highest BCUT2D eigenvalue weighted by Gasteiger charge is 2.34. The van der Waals surface area contributed by atoms with Crippen LogP contribution in [0.15, 0.2) is 114 Å². The van der Waals surface area contributed by atoms with Crippen LogP contribution in [-0.2, 0) is 6.42 Å². The van der Waals surface area contributed by atoms with Crippen molar-refractivity contribution in [3.05, 3.63) is 132 Å². The van der Waals surface area contributed by atoms with E-state index in [1.54, 1.807) is 12.1 Å². The van der Waals surface area contributed by atoms with Gasteiger partial charge in [0.1, 0.15) is 11.4 Å². The Balaban J connectivity index is 1.22. The van der Waals surface area contributed by atoms with Gasteiger partial charge in [-0.15, -0.1) is 0 Å². The van der Waals surface area contributed by atoms with Gasteiger partial charge in [-0.05, 0) is 55.9 Å². The van der Waals surface area contributed by atoms with Crippen LogP contribution < -0.4 is 5.32 Å². The van der Waals surface area contributed by atoms with Gasteiger partial charge in [0, 0.05) is 28.2 Å². The number of nitrogens with one attached hydrogen (secondary N) is 1. The summed E-state index contributed by atoms with van der Waals surface area (Å²) >= 11 is 0. The molecule has 2 N–H and O–H groups in total. The van der Waals surface area contributed by atoms with Gasteiger partial charge in [-0.25, -0.2) is 4.98 Å². The first-order chi connectivity index (χ1) is 20.1. The van der Waals surface area contributed by atoms with Gasteiger partial charge < -0.3 is 14.8 Å². The number of amides is 1. The standard InChI is InChI=1S/C36H34N2O3/c1-24(30-19-8-9-21-32(30)39)37-35(40)29-18-10-12-25(23-29)22-28-17-11-20-31(28)36-38-33(26-13-4-2-5-14-26)34(41-36)27-15-6-3-7-16-27/h2-10,12-16,18-19,21,23-24,28,31,39H,11,17,20,22H2,1H3,(H,37,40). The Hall–Kier alpha value is -4.64. The number of hydrogen-bond acceptors (Lipinski definition) is 4. The third-order valence-corrected chi connectivity index (χ3v) is 8.14. The van der Waals surface area contributed by atoms with E-state index in [1.165, 1.54) is 0 Å². The number of carbonyl (C=O) groups is 1. The number of oxazole rings is 1. The highest BCUT2D eigenvalue weighted by atomic mass is 16.4. The summed E-state index contributed by atoms with van der Waals surface area (Å²) in [6, 6.07) is 35.1. The number of carbonyl (C=O) groups excluding carboxylic acids is 1. The third kappa shape index (κ3) is 5.80. The van der Waals surface area contributed by atoms with Gasteiger partial charge in [0.05, 0.1) is 6.04 Å². The van der Waals surface area contributed by atoms with Crippen LogP contribution in [0.25, 0.3) is 22.6 Å². The Labute approximate surface area is 240 Å². The molecule has 1 aliphatic carbocycles. The number of hydrogen-bond donors (Lipinski definition) is 2. The molecule has 1 saturated carbocycles. The summed E-state index contributed by atoms with van der Waals surface area (Å²) in [5.41, 5.74) is 5.40. The van der Waals surface area contributed by atoms with Gasteiger partial charge in [-0.2, -0.15) is 0 Å². The minimum absolute atomic E-state index is 0.154. The van der Waals surface area contributed by atoms with Crippen LogP contribution in [-0.4, -0.2) is 16.0 Å². The number of benzene rings is 4. The zero-order valence-electron chi connectivity index (χ0n) is 23.2. The Morgan fingerprint density at radius 2 is 1.61 bits per heavy atom. The predicted molar refractivity (Wildman–Crippen MR) is 162 cm³/mol. The van der Waals surface area contributed by atoms with E-state index in [9.17, 15) is 9.90 Å². The van der Waals surface area contributed by atoms with Crippen molar-refractivity contribution in [1.29, 1.82) is 0 Å². The Morgan fingerprint density at radius 1 is 0.902 bits per heavy atom. The molecule has 1 amide bonds. The topological polar surface area (TPSA) is 75.4 Å². The number of para-hydroxylation sites is 1. The van der Waals surface area contributed by atoms with E-state index < -0.39 is 0 Å². The first kappa shape index (κ1) is 26.6. The first-order valence-corrected chi connectivity index (χ1v) is 14.4. The minimum Gasteiger partial charge on any atom is -0.508 e. The summed E-state index contributed by atoms with van der Waals surface area (Å²) < 4.78 is 6.57. The number of rotatable bonds is 8. The average molecular weight is 543 g/mol. The maximum absolute atomic E-state index is 13.1. The Bertz CT molecular complexity index is 1570. The van der Waals surface area contributed by atoms with Crippen molar-refractivity contribution >= 4 is 5.91 Å². The number of aromatic nitrogens is 1. The summed E-state index contributed by atoms with van der Waals surface area (Å²) in [5.74, 6) is 2.23. The van der Waals surface area contributed by atoms with Crippen molar-refractivity contribution in [2.45, 2.75) is 44.6 Å². The summed E-state index contributed by atoms with van der Waals surface area (Å²) in [6.45, 7) is 1.88. The van der Waals surface area contributed by atoms with E-state index >= 15 is 0 Å². The highest BCUT2D eigenvalue weighted by molar-refractivity contribution is 5.94. The molecular weight excluding hydrogens is 508 g/mol. The van der Waals surface area contributed by atoms with E-state index in [0.717, 1.165) is 59.7 Å². The second-order valence-electron chi connectivity index (χ2n) is 10.9. The molecule has 6 rings (SSSR count). The van der Waals surface area contributed by atoms with Gasteiger partial charge in [-0.1, -0.05) is 97.4 Å². The molecule has 1 fully saturated rings. The molecule has 1 aliphatic rings. The summed E-state index contributed by atoms with van der Waals surface area (Å²) in [5, 5.41) is 13.2. The van der Waals surface area contributed by atoms with Gasteiger partial charge in [0.15, 0.2) is 11.7 Å². The SMILES string of the molecule is CC(NC(=O)c1cccc(CC2CCCC2c2nc(-c3ccccc3)c(-c3ccccc3)o2)c1)c1ccccc1O. The summed E-state index contributed by atoms with van der Waals surface area (Å²) in [6.07, 6.45) is 4.10. The molecule has 206 valence electrons. The number of nitrogens with zero attached hydrogens (tertiary/aromatic N) is 1. The number of phenols is 1. The van der Waals surface area contributed by atoms with Gasteiger partial charge in [0.2, 0.25) is 0 Å². The normalized spacial score (nSPS) is 17.3. The second kappa shape index (κ2) is 11.8. The molecule has 4 aromatic carbocycles. The summed E-state index contributed by atoms with van der Waals surface area (Å²) in [7, 11) is 0. The molecule has 0 bridgehead atoms. The molecule has 0 spiro atoms. The smallest absolute Gasteiger partial charge is 0.251 e. The average Bonchev–Trinajstić information content (AvgIpc) is 3.66. The van der Waals surface area contributed by atoms with Gasteiger partial charge >= 0.3 is 0 Å². The molecule has 1 heterocycles. The molecule has 0 saturated heterocycles. The largest absolute Gasteiger partial charge is 0.508 e. The molecule has 5 nitrogen and oxygen atoms in total. The van der Waals surface area contributed by atoms with Crippen LogP contribution in [0.3, 0.4) is 0 Å². The van der Waals surface area contributed by atoms with E-state index in [-0.39, 0.29) is 23.6 Å². The highest BCUT2D eigenvalue weighted by Crippen LogP contribution is 2.44. The quantitative estimate of drug-likeness (QED) is 0.207. The molecule has 41 heavy (non-hydrogen) atoms. The van der Waals surface area contributed by atoms with Crippen LogP contribution in [0, 0.1) is 5.92 Å². The molecule has 5 heteroatoms. The van der Waals surface area contributed by atoms with E-state index in [1.807, 2.05) is 73.7 Å². The molecule has 0 aliphatic heterocycles. The maximum atomic E-state index is 13.1. The monoisotopic (exact) mass is 542 g/mol. The fourth-order valence-corrected chi connectivity index (χ4v) is 6.03. The second-order valence-corrected chi connectivity index (χ2v) is 10.9. The van der Waals surface area contributed by atoms with Crippen molar-refractivity contribution in [3.63, 3.8) is 0 Å². The predicted octanol–water partition coefficient (Wildman–Crippen LogP) is 8.33. The Kier molecular flexibility index (Phi) is 7.68. The van der Waals surface area contributed by atoms with Crippen LogP contribution >= 0.6 is 0 Å². The lowest BCUT2D eigenvalue weighted by Gasteiger charge is -2.18. The summed E-state index contributed by atoms with van der Waals surface area (Å²) in [4.78, 5) is 18.2. The van der Waals surface area contributed by atoms with E-state index in [2.05, 4.69) is 35.6 Å². The van der Waals surface area contributed by atoms with Crippen molar-refractivity contribution in [2.24, 2.45) is 5.92 Å². The molecule has 3 unspecified atom stereocenters. The number of aromatic hydroxyl groups is 1. The molecule has 3 atom stereocenters. The lowest BCUT2D eigenvalue weighted by Crippen LogP contribution is -2.26. The fourth-order valence-electron chi connectivity index (χ4n) is 6.03. The number of phenolic OH excluding ortho intramolecular Hbond substituents is 1. The van der Waals surface area contributed by atoms with Crippen molar-refractivity contribution in [1.82, 2.24) is 10.3 Å². The molecule has 1 aromatic heterocycles. The van der Waals surface area contributed by atoms with Gasteiger partial charge in [0.25, 0.3) is 5.91 Å². The molecule has 5 aromatic rings. The maximum Gasteiger partial charge on any atom is 0.251 e. The van der Waals surface area contributed by atoms with Crippen molar-refractivity contribution < 1.29 is 14.3 Å². The van der Waals surface area contributed by atoms with E-state index in [4.69, 9.17) is 9.40 Å². The van der Waals surface area contributed by atoms with Crippen molar-refractivity contribution in [3.8, 4) is 28.3 Å². The van der Waals surface area contributed by atoms with Crippen molar-refractivity contribution in [2.75, 3.05) is 0 Å². The molecule has 0 radical (unpaired) electrons.